The predicted octanol–water partition coefficient (Wildman–Crippen LogP) is 4.66. The summed E-state index contributed by atoms with van der Waals surface area (Å²) < 4.78 is 11.5. The molecule has 1 aliphatic carbocycles. The molecule has 0 radical (unpaired) electrons. The summed E-state index contributed by atoms with van der Waals surface area (Å²) in [7, 11) is 3.31. The number of fused-ring (bicyclic) bond motifs is 4. The summed E-state index contributed by atoms with van der Waals surface area (Å²) in [4.78, 5) is 39.0. The maximum Gasteiger partial charge on any atom is 0.256 e. The third kappa shape index (κ3) is 4.88. The van der Waals surface area contributed by atoms with Crippen LogP contribution in [-0.2, 0) is 13.6 Å². The van der Waals surface area contributed by atoms with Crippen LogP contribution in [0.3, 0.4) is 0 Å². The molecule has 8 rings (SSSR count). The van der Waals surface area contributed by atoms with E-state index >= 15 is 0 Å². The van der Waals surface area contributed by atoms with Crippen molar-refractivity contribution in [3.8, 4) is 17.3 Å². The first-order valence-corrected chi connectivity index (χ1v) is 16.6. The Hall–Kier alpha value is -4.42. The van der Waals surface area contributed by atoms with Gasteiger partial charge in [-0.05, 0) is 76.1 Å². The molecule has 2 bridgehead atoms. The van der Waals surface area contributed by atoms with Gasteiger partial charge in [0.05, 0.1) is 42.0 Å². The average Bonchev–Trinajstić information content (AvgIpc) is 3.29. The predicted molar refractivity (Wildman–Crippen MR) is 178 cm³/mol. The highest BCUT2D eigenvalue weighted by atomic mass is 35.5. The molecular weight excluding hydrogens is 618 g/mol. The molecule has 0 spiro atoms. The van der Waals surface area contributed by atoms with Crippen molar-refractivity contribution in [3.05, 3.63) is 64.2 Å². The molecule has 47 heavy (non-hydrogen) atoms. The molecule has 0 unspecified atom stereocenters. The fraction of sp³-hybridized carbons (Fsp3) is 0.441. The van der Waals surface area contributed by atoms with Crippen LogP contribution >= 0.6 is 11.6 Å². The van der Waals surface area contributed by atoms with Gasteiger partial charge in [-0.15, -0.1) is 0 Å². The number of nitrogens with zero attached hydrogens (tertiary/aromatic N) is 7. The summed E-state index contributed by atoms with van der Waals surface area (Å²) >= 11 is 6.26. The molecule has 2 aliphatic heterocycles. The van der Waals surface area contributed by atoms with Gasteiger partial charge >= 0.3 is 0 Å². The third-order valence-corrected chi connectivity index (χ3v) is 10.7. The van der Waals surface area contributed by atoms with E-state index in [1.165, 1.54) is 23.7 Å². The van der Waals surface area contributed by atoms with E-state index in [9.17, 15) is 9.59 Å². The van der Waals surface area contributed by atoms with Crippen molar-refractivity contribution in [3.63, 3.8) is 0 Å². The number of carbonyl (C=O) groups excluding carboxylic acids is 2. The smallest absolute Gasteiger partial charge is 0.256 e. The summed E-state index contributed by atoms with van der Waals surface area (Å²) in [5, 5.41) is 8.36. The third-order valence-electron chi connectivity index (χ3n) is 10.2. The van der Waals surface area contributed by atoms with Crippen LogP contribution in [0.5, 0.6) is 5.88 Å². The van der Waals surface area contributed by atoms with Crippen molar-refractivity contribution in [2.75, 3.05) is 7.11 Å². The van der Waals surface area contributed by atoms with Crippen LogP contribution in [0.4, 0.5) is 0 Å². The summed E-state index contributed by atoms with van der Waals surface area (Å²) in [6.45, 7) is 4.75. The van der Waals surface area contributed by atoms with Gasteiger partial charge in [0.15, 0.2) is 5.88 Å². The Kier molecular flexibility index (Phi) is 7.07. The lowest BCUT2D eigenvalue weighted by molar-refractivity contribution is 0.0725. The Morgan fingerprint density at radius 3 is 2.62 bits per heavy atom. The Bertz CT molecular complexity index is 2080. The number of aromatic nitrogens is 6. The van der Waals surface area contributed by atoms with Crippen molar-refractivity contribution in [1.29, 1.82) is 0 Å². The second kappa shape index (κ2) is 11.1. The average molecular weight is 656 g/mol. The number of carbonyl (C=O) groups is 2. The molecule has 7 heterocycles. The first kappa shape index (κ1) is 29.9. The monoisotopic (exact) mass is 655 g/mol. The van der Waals surface area contributed by atoms with E-state index in [4.69, 9.17) is 32.0 Å². The van der Waals surface area contributed by atoms with Gasteiger partial charge in [0.2, 0.25) is 0 Å². The van der Waals surface area contributed by atoms with Gasteiger partial charge in [-0.25, -0.2) is 9.97 Å². The Labute approximate surface area is 276 Å². The highest BCUT2D eigenvalue weighted by Gasteiger charge is 2.47. The number of rotatable bonds is 8. The van der Waals surface area contributed by atoms with E-state index in [1.54, 1.807) is 14.2 Å². The Balaban J connectivity index is 1.17. The van der Waals surface area contributed by atoms with E-state index in [0.717, 1.165) is 59.6 Å². The lowest BCUT2D eigenvalue weighted by atomic mass is 9.97. The zero-order valence-electron chi connectivity index (χ0n) is 26.9. The number of pyridine rings is 2. The zero-order chi connectivity index (χ0) is 32.7. The minimum absolute atomic E-state index is 0.0139. The standard InChI is InChI=1S/C34H38ClN9O3/c1-17(38-33(45)23-15-37-41(3)31(23)35)25-9-7-20-11-27(42(32(20)39-25)16-19-5-6-19)30-18(2)43-28(40-30)12-21(13-29(43)47-4)34(46)44-22-8-10-26(44)24(36)14-22/h7,9,11-13,15,17,19,22,24,26H,5-6,8,10,14,16,36H2,1-4H3,(H,38,45)/t17-,22+,24-,26-/m1/s1. The summed E-state index contributed by atoms with van der Waals surface area (Å²) in [6.07, 6.45) is 6.61. The lowest BCUT2D eigenvalue weighted by Crippen LogP contribution is -2.40. The number of methoxy groups -OCH3 is 1. The van der Waals surface area contributed by atoms with E-state index in [2.05, 4.69) is 21.0 Å². The molecule has 0 aromatic carbocycles. The van der Waals surface area contributed by atoms with Gasteiger partial charge in [0.25, 0.3) is 11.8 Å². The number of imidazole rings is 1. The molecule has 244 valence electrons. The number of hydrogen-bond acceptors (Lipinski definition) is 7. The molecule has 2 saturated heterocycles. The van der Waals surface area contributed by atoms with Gasteiger partial charge in [-0.3, -0.25) is 18.7 Å². The van der Waals surface area contributed by atoms with Gasteiger partial charge in [-0.1, -0.05) is 11.6 Å². The minimum atomic E-state index is -0.367. The van der Waals surface area contributed by atoms with Crippen LogP contribution < -0.4 is 15.8 Å². The molecule has 5 aromatic rings. The largest absolute Gasteiger partial charge is 0.482 e. The van der Waals surface area contributed by atoms with E-state index < -0.39 is 0 Å². The van der Waals surface area contributed by atoms with Crippen LogP contribution in [0.2, 0.25) is 5.15 Å². The van der Waals surface area contributed by atoms with Crippen LogP contribution in [0, 0.1) is 12.8 Å². The second-order valence-electron chi connectivity index (χ2n) is 13.3. The first-order chi connectivity index (χ1) is 22.6. The molecule has 3 N–H and O–H groups in total. The highest BCUT2D eigenvalue weighted by molar-refractivity contribution is 6.32. The molecule has 3 aliphatic rings. The fourth-order valence-electron chi connectivity index (χ4n) is 7.54. The minimum Gasteiger partial charge on any atom is -0.482 e. The van der Waals surface area contributed by atoms with E-state index in [-0.39, 0.29) is 41.1 Å². The number of hydrogen-bond donors (Lipinski definition) is 2. The highest BCUT2D eigenvalue weighted by Crippen LogP contribution is 2.40. The van der Waals surface area contributed by atoms with Gasteiger partial charge in [0, 0.05) is 48.7 Å². The molecule has 5 aromatic heterocycles. The topological polar surface area (TPSA) is 138 Å². The molecule has 3 fully saturated rings. The van der Waals surface area contributed by atoms with E-state index in [0.29, 0.717) is 28.6 Å². The van der Waals surface area contributed by atoms with Crippen molar-refractivity contribution in [2.45, 2.75) is 76.7 Å². The molecule has 2 amide bonds. The van der Waals surface area contributed by atoms with Crippen molar-refractivity contribution >= 4 is 40.1 Å². The molecule has 4 atom stereocenters. The normalized spacial score (nSPS) is 21.2. The van der Waals surface area contributed by atoms with Gasteiger partial charge < -0.3 is 25.3 Å². The number of halogens is 1. The SMILES string of the molecule is COc1cc(C(=O)N2[C@H]3CC[C@@H]2[C@H](N)C3)cc2nc(-c3cc4ccc([C@@H](C)NC(=O)c5cnn(C)c5Cl)nc4n3CC3CC3)c(C)n12. The maximum absolute atomic E-state index is 13.8. The molecule has 13 heteroatoms. The van der Waals surface area contributed by atoms with E-state index in [1.807, 2.05) is 47.4 Å². The molecule has 1 saturated carbocycles. The summed E-state index contributed by atoms with van der Waals surface area (Å²) in [5.74, 6) is 0.804. The van der Waals surface area contributed by atoms with Crippen LogP contribution in [0.25, 0.3) is 28.1 Å². The first-order valence-electron chi connectivity index (χ1n) is 16.3. The number of nitrogens with two attached hydrogens (primary N) is 1. The quantitative estimate of drug-likeness (QED) is 0.248. The van der Waals surface area contributed by atoms with Crippen LogP contribution in [-0.4, -0.2) is 70.7 Å². The van der Waals surface area contributed by atoms with Crippen molar-refractivity contribution in [1.82, 2.24) is 38.9 Å². The number of amides is 2. The number of aryl methyl sites for hydroxylation is 2. The summed E-state index contributed by atoms with van der Waals surface area (Å²) in [6, 6.07) is 9.75. The maximum atomic E-state index is 13.8. The molecular formula is C34H38ClN9O3. The van der Waals surface area contributed by atoms with Gasteiger partial charge in [0.1, 0.15) is 22.1 Å². The lowest BCUT2D eigenvalue weighted by Gasteiger charge is -2.23. The molecule has 12 nitrogen and oxygen atoms in total. The second-order valence-corrected chi connectivity index (χ2v) is 13.7. The van der Waals surface area contributed by atoms with Crippen LogP contribution in [0.1, 0.15) is 77.2 Å². The number of ether oxygens (including phenoxy) is 1. The van der Waals surface area contributed by atoms with Crippen LogP contribution in [0.15, 0.2) is 36.5 Å². The fourth-order valence-corrected chi connectivity index (χ4v) is 7.72. The van der Waals surface area contributed by atoms with Crippen molar-refractivity contribution in [2.24, 2.45) is 18.7 Å². The summed E-state index contributed by atoms with van der Waals surface area (Å²) in [5.41, 5.74) is 12.1. The van der Waals surface area contributed by atoms with Gasteiger partial charge in [-0.2, -0.15) is 5.10 Å². The Morgan fingerprint density at radius 2 is 1.96 bits per heavy atom. The Morgan fingerprint density at radius 1 is 1.15 bits per heavy atom. The zero-order valence-corrected chi connectivity index (χ0v) is 27.7. The van der Waals surface area contributed by atoms with Crippen molar-refractivity contribution < 1.29 is 14.3 Å². The number of nitrogens with one attached hydrogen (secondary N) is 1.